The van der Waals surface area contributed by atoms with Gasteiger partial charge in [-0.15, -0.1) is 0 Å². The summed E-state index contributed by atoms with van der Waals surface area (Å²) in [6, 6.07) is -1.07. The van der Waals surface area contributed by atoms with Gasteiger partial charge in [0, 0.05) is 20.8 Å². The molecule has 0 aromatic rings. The zero-order valence-corrected chi connectivity index (χ0v) is 19.3. The highest BCUT2D eigenvalue weighted by molar-refractivity contribution is 9.09. The second-order valence-corrected chi connectivity index (χ2v) is 9.26. The van der Waals surface area contributed by atoms with Crippen LogP contribution in [0.4, 0.5) is 4.79 Å². The van der Waals surface area contributed by atoms with Crippen LogP contribution in [-0.4, -0.2) is 70.4 Å². The number of alkyl halides is 4. The van der Waals surface area contributed by atoms with Gasteiger partial charge < -0.3 is 29.0 Å². The monoisotopic (exact) mass is 541 g/mol. The van der Waals surface area contributed by atoms with Gasteiger partial charge >= 0.3 is 24.0 Å². The fourth-order valence-electron chi connectivity index (χ4n) is 2.37. The molecule has 1 saturated heterocycles. The van der Waals surface area contributed by atoms with Gasteiger partial charge in [0.05, 0.1) is 0 Å². The Bertz CT molecular complexity index is 631. The highest BCUT2D eigenvalue weighted by Gasteiger charge is 2.50. The van der Waals surface area contributed by atoms with Gasteiger partial charge in [0.2, 0.25) is 3.79 Å². The molecule has 29 heavy (non-hydrogen) atoms. The van der Waals surface area contributed by atoms with E-state index in [4.69, 9.17) is 58.5 Å². The number of alkyl carbamates (subject to hydrolysis) is 1. The van der Waals surface area contributed by atoms with Crippen LogP contribution in [0.15, 0.2) is 0 Å². The summed E-state index contributed by atoms with van der Waals surface area (Å²) >= 11 is 19.8. The Hall–Kier alpha value is -1.01. The zero-order valence-electron chi connectivity index (χ0n) is 15.5. The minimum atomic E-state index is -1.83. The first-order chi connectivity index (χ1) is 13.3. The van der Waals surface area contributed by atoms with E-state index in [1.807, 2.05) is 0 Å². The number of carbonyl (C=O) groups excluding carboxylic acids is 4. The van der Waals surface area contributed by atoms with Crippen molar-refractivity contribution in [2.45, 2.75) is 53.9 Å². The topological polar surface area (TPSA) is 126 Å². The number of hydrogen-bond donors (Lipinski definition) is 1. The molecule has 0 saturated carbocycles. The predicted molar refractivity (Wildman–Crippen MR) is 104 cm³/mol. The van der Waals surface area contributed by atoms with E-state index in [-0.39, 0.29) is 6.61 Å². The maximum absolute atomic E-state index is 12.1. The Kier molecular flexibility index (Phi) is 10.2. The molecule has 1 amide bonds. The van der Waals surface area contributed by atoms with E-state index in [2.05, 4.69) is 21.2 Å². The number of rotatable bonds is 6. The van der Waals surface area contributed by atoms with Gasteiger partial charge in [-0.05, 0) is 0 Å². The summed E-state index contributed by atoms with van der Waals surface area (Å²) in [6.45, 7) is 2.60. The molecule has 0 aliphatic carbocycles. The van der Waals surface area contributed by atoms with E-state index >= 15 is 0 Å². The number of halogens is 4. The summed E-state index contributed by atoms with van der Waals surface area (Å²) < 4.78 is 24.0. The molecule has 1 N–H and O–H groups in total. The zero-order chi connectivity index (χ0) is 22.4. The van der Waals surface area contributed by atoms with Crippen molar-refractivity contribution in [3.8, 4) is 0 Å². The Balaban J connectivity index is 3.06. The number of hydrogen-bond acceptors (Lipinski definition) is 9. The molecule has 10 nitrogen and oxygen atoms in total. The van der Waals surface area contributed by atoms with Crippen molar-refractivity contribution in [2.75, 3.05) is 13.2 Å². The molecular formula is C15H19BrCl3NO9. The molecule has 0 aromatic carbocycles. The first-order valence-corrected chi connectivity index (χ1v) is 10.1. The van der Waals surface area contributed by atoms with Crippen LogP contribution < -0.4 is 5.32 Å². The number of amides is 1. The molecule has 5 atom stereocenters. The van der Waals surface area contributed by atoms with Crippen molar-refractivity contribution in [3.05, 3.63) is 0 Å². The molecule has 1 aliphatic rings. The third-order valence-corrected chi connectivity index (χ3v) is 4.45. The lowest BCUT2D eigenvalue weighted by Crippen LogP contribution is -2.65. The minimum absolute atomic E-state index is 0.294. The summed E-state index contributed by atoms with van der Waals surface area (Å²) in [5.74, 6) is -2.03. The average Bonchev–Trinajstić information content (AvgIpc) is 2.55. The quantitative estimate of drug-likeness (QED) is 0.304. The predicted octanol–water partition coefficient (Wildman–Crippen LogP) is 2.00. The van der Waals surface area contributed by atoms with Crippen molar-refractivity contribution in [1.82, 2.24) is 5.32 Å². The van der Waals surface area contributed by atoms with Gasteiger partial charge in [-0.3, -0.25) is 14.4 Å². The highest BCUT2D eigenvalue weighted by Crippen LogP contribution is 2.30. The Morgan fingerprint density at radius 1 is 0.966 bits per heavy atom. The molecule has 166 valence electrons. The molecule has 1 aliphatic heterocycles. The molecule has 0 aromatic heterocycles. The summed E-state index contributed by atoms with van der Waals surface area (Å²) in [5.41, 5.74) is 0. The van der Waals surface area contributed by atoms with Crippen LogP contribution in [0.1, 0.15) is 20.8 Å². The van der Waals surface area contributed by atoms with E-state index in [1.165, 1.54) is 6.92 Å². The van der Waals surface area contributed by atoms with Crippen LogP contribution in [0.25, 0.3) is 0 Å². The average molecular weight is 544 g/mol. The van der Waals surface area contributed by atoms with Crippen molar-refractivity contribution in [3.63, 3.8) is 0 Å². The minimum Gasteiger partial charge on any atom is -0.463 e. The smallest absolute Gasteiger partial charge is 0.407 e. The molecule has 0 spiro atoms. The van der Waals surface area contributed by atoms with Crippen molar-refractivity contribution >= 4 is 74.7 Å². The Morgan fingerprint density at radius 2 is 1.52 bits per heavy atom. The van der Waals surface area contributed by atoms with E-state index in [9.17, 15) is 19.2 Å². The second-order valence-electron chi connectivity index (χ2n) is 5.84. The number of nitrogens with one attached hydrogen (secondary N) is 1. The molecule has 1 fully saturated rings. The van der Waals surface area contributed by atoms with Crippen LogP contribution >= 0.6 is 50.7 Å². The SMILES string of the molecule is CC(=O)OC[C@H]1O[C@H](Br)C(NC(=O)OCC(Cl)(Cl)Cl)C(OC(C)=O)[C@@H]1OC(C)=O. The van der Waals surface area contributed by atoms with Crippen LogP contribution in [0, 0.1) is 0 Å². The number of ether oxygens (including phenoxy) is 5. The van der Waals surface area contributed by atoms with Gasteiger partial charge in [0.1, 0.15) is 30.4 Å². The first-order valence-electron chi connectivity index (χ1n) is 8.07. The van der Waals surface area contributed by atoms with Crippen LogP contribution in [-0.2, 0) is 38.1 Å². The fraction of sp³-hybridized carbons (Fsp3) is 0.733. The van der Waals surface area contributed by atoms with Crippen LogP contribution in [0.3, 0.4) is 0 Å². The standard InChI is InChI=1S/C15H19BrCl3NO9/c1-6(21)25-4-9-11(27-7(2)22)12(28-8(3)23)10(13(16)29-9)20-14(24)26-5-15(17,18)19/h9-13H,4-5H2,1-3H3,(H,20,24)/t9-,10?,11-,12?,13+/m1/s1. The number of carbonyl (C=O) groups is 4. The van der Waals surface area contributed by atoms with Gasteiger partial charge in [0.25, 0.3) is 0 Å². The maximum atomic E-state index is 12.1. The fourth-order valence-corrected chi connectivity index (χ4v) is 3.24. The van der Waals surface area contributed by atoms with Crippen molar-refractivity contribution < 1.29 is 42.9 Å². The third kappa shape index (κ3) is 9.56. The normalized spacial score (nSPS) is 26.8. The van der Waals surface area contributed by atoms with E-state index in [0.717, 1.165) is 13.8 Å². The molecule has 2 unspecified atom stereocenters. The molecule has 0 bridgehead atoms. The lowest BCUT2D eigenvalue weighted by Gasteiger charge is -2.43. The molecule has 1 rings (SSSR count). The Morgan fingerprint density at radius 3 is 2.00 bits per heavy atom. The largest absolute Gasteiger partial charge is 0.463 e. The van der Waals surface area contributed by atoms with Gasteiger partial charge in [-0.25, -0.2) is 4.79 Å². The summed E-state index contributed by atoms with van der Waals surface area (Å²) in [7, 11) is 0. The highest BCUT2D eigenvalue weighted by atomic mass is 79.9. The first kappa shape index (κ1) is 26.0. The molecule has 0 radical (unpaired) electrons. The molecule has 14 heteroatoms. The maximum Gasteiger partial charge on any atom is 0.407 e. The van der Waals surface area contributed by atoms with Crippen LogP contribution in [0.5, 0.6) is 0 Å². The van der Waals surface area contributed by atoms with Crippen molar-refractivity contribution in [2.24, 2.45) is 0 Å². The van der Waals surface area contributed by atoms with E-state index in [0.29, 0.717) is 0 Å². The molecular weight excluding hydrogens is 524 g/mol. The lowest BCUT2D eigenvalue weighted by atomic mass is 9.97. The second kappa shape index (κ2) is 11.4. The third-order valence-electron chi connectivity index (χ3n) is 3.34. The van der Waals surface area contributed by atoms with Crippen molar-refractivity contribution in [1.29, 1.82) is 0 Å². The van der Waals surface area contributed by atoms with Crippen LogP contribution in [0.2, 0.25) is 0 Å². The van der Waals surface area contributed by atoms with Gasteiger partial charge in [-0.2, -0.15) is 0 Å². The summed E-state index contributed by atoms with van der Waals surface area (Å²) in [6.07, 6.45) is -4.42. The summed E-state index contributed by atoms with van der Waals surface area (Å²) in [4.78, 5) is 46.4. The lowest BCUT2D eigenvalue weighted by molar-refractivity contribution is -0.210. The van der Waals surface area contributed by atoms with E-state index < -0.39 is 63.8 Å². The molecule has 1 heterocycles. The summed E-state index contributed by atoms with van der Waals surface area (Å²) in [5, 5.41) is 1.46. The van der Waals surface area contributed by atoms with E-state index in [1.54, 1.807) is 0 Å². The Labute approximate surface area is 189 Å². The van der Waals surface area contributed by atoms with Gasteiger partial charge in [0.15, 0.2) is 12.2 Å². The van der Waals surface area contributed by atoms with Gasteiger partial charge in [-0.1, -0.05) is 50.7 Å². The number of esters is 3.